The summed E-state index contributed by atoms with van der Waals surface area (Å²) in [6.07, 6.45) is 0.106. The number of rotatable bonds is 3. The quantitative estimate of drug-likeness (QED) is 0.816. The molecule has 5 heteroatoms. The topological polar surface area (TPSA) is 47.6 Å². The molecule has 0 aromatic carbocycles. The lowest BCUT2D eigenvalue weighted by molar-refractivity contribution is -0.0588. The summed E-state index contributed by atoms with van der Waals surface area (Å²) in [4.78, 5) is 14.9. The Morgan fingerprint density at radius 1 is 1.30 bits per heavy atom. The van der Waals surface area contributed by atoms with Crippen molar-refractivity contribution in [2.24, 2.45) is 0 Å². The van der Waals surface area contributed by atoms with E-state index in [0.717, 1.165) is 22.4 Å². The van der Waals surface area contributed by atoms with Crippen LogP contribution in [0.1, 0.15) is 37.0 Å². The van der Waals surface area contributed by atoms with Gasteiger partial charge in [-0.25, -0.2) is 0 Å². The second-order valence-electron chi connectivity index (χ2n) is 6.65. The molecule has 1 aliphatic heterocycles. The van der Waals surface area contributed by atoms with Crippen molar-refractivity contribution in [3.63, 3.8) is 0 Å². The highest BCUT2D eigenvalue weighted by atomic mass is 16.5. The first kappa shape index (κ1) is 15.9. The van der Waals surface area contributed by atoms with Crippen molar-refractivity contribution >= 4 is 17.0 Å². The van der Waals surface area contributed by atoms with E-state index in [2.05, 4.69) is 6.58 Å². The van der Waals surface area contributed by atoms with Crippen molar-refractivity contribution in [2.75, 3.05) is 13.1 Å². The summed E-state index contributed by atoms with van der Waals surface area (Å²) in [7, 11) is 0. The Bertz CT molecular complexity index is 746. The Kier molecular flexibility index (Phi) is 4.06. The molecule has 5 nitrogen and oxygen atoms in total. The minimum absolute atomic E-state index is 0.0253. The minimum Gasteiger partial charge on any atom is -0.460 e. The molecule has 0 aliphatic carbocycles. The molecule has 124 valence electrons. The number of carbonyl (C=O) groups excluding carboxylic acids is 1. The van der Waals surface area contributed by atoms with Gasteiger partial charge in [-0.1, -0.05) is 12.2 Å². The van der Waals surface area contributed by atoms with Gasteiger partial charge in [0.15, 0.2) is 5.58 Å². The highest BCUT2D eigenvalue weighted by molar-refractivity contribution is 5.97. The molecule has 23 heavy (non-hydrogen) atoms. The standard InChI is InChI=1S/C18H24N2O3/c1-11(2)8-20-15-6-12(3)23-17(15)7-16(20)18(21)19-9-13(4)22-14(5)10-19/h6-7,13-14H,1,8-10H2,2-5H3. The normalized spacial score (nSPS) is 21.8. The number of carbonyl (C=O) groups is 1. The number of nitrogens with zero attached hydrogens (tertiary/aromatic N) is 2. The summed E-state index contributed by atoms with van der Waals surface area (Å²) in [6.45, 7) is 13.7. The maximum atomic E-state index is 13.0. The van der Waals surface area contributed by atoms with E-state index in [0.29, 0.717) is 25.3 Å². The first-order valence-corrected chi connectivity index (χ1v) is 8.04. The third-order valence-corrected chi connectivity index (χ3v) is 4.07. The summed E-state index contributed by atoms with van der Waals surface area (Å²) in [5.41, 5.74) is 3.35. The number of furan rings is 1. The number of hydrogen-bond donors (Lipinski definition) is 0. The molecule has 0 saturated carbocycles. The summed E-state index contributed by atoms with van der Waals surface area (Å²) in [5, 5.41) is 0. The SMILES string of the molecule is C=C(C)Cn1c(C(=O)N2CC(C)OC(C)C2)cc2oc(C)cc21. The minimum atomic E-state index is 0.0253. The number of allylic oxidation sites excluding steroid dienone is 1. The fourth-order valence-corrected chi connectivity index (χ4v) is 3.29. The van der Waals surface area contributed by atoms with Gasteiger partial charge in [0.25, 0.3) is 5.91 Å². The molecular formula is C18H24N2O3. The predicted molar refractivity (Wildman–Crippen MR) is 89.7 cm³/mol. The molecule has 2 aromatic heterocycles. The van der Waals surface area contributed by atoms with Gasteiger partial charge in [-0.15, -0.1) is 0 Å². The lowest BCUT2D eigenvalue weighted by Gasteiger charge is -2.35. The van der Waals surface area contributed by atoms with E-state index < -0.39 is 0 Å². The molecule has 0 N–H and O–H groups in total. The maximum absolute atomic E-state index is 13.0. The monoisotopic (exact) mass is 316 g/mol. The number of aryl methyl sites for hydroxylation is 1. The molecule has 3 rings (SSSR count). The van der Waals surface area contributed by atoms with Gasteiger partial charge in [-0.3, -0.25) is 4.79 Å². The number of aromatic nitrogens is 1. The Hall–Kier alpha value is -2.01. The fraction of sp³-hybridized carbons (Fsp3) is 0.500. The van der Waals surface area contributed by atoms with Gasteiger partial charge in [-0.2, -0.15) is 0 Å². The Morgan fingerprint density at radius 2 is 1.96 bits per heavy atom. The number of morpholine rings is 1. The molecular weight excluding hydrogens is 292 g/mol. The van der Waals surface area contributed by atoms with E-state index in [-0.39, 0.29) is 18.1 Å². The fourth-order valence-electron chi connectivity index (χ4n) is 3.29. The zero-order valence-corrected chi connectivity index (χ0v) is 14.3. The van der Waals surface area contributed by atoms with E-state index >= 15 is 0 Å². The van der Waals surface area contributed by atoms with Crippen LogP contribution in [0.2, 0.25) is 0 Å². The summed E-state index contributed by atoms with van der Waals surface area (Å²) >= 11 is 0. The molecule has 1 amide bonds. The third-order valence-electron chi connectivity index (χ3n) is 4.07. The highest BCUT2D eigenvalue weighted by Gasteiger charge is 2.29. The van der Waals surface area contributed by atoms with Gasteiger partial charge >= 0.3 is 0 Å². The van der Waals surface area contributed by atoms with Crippen LogP contribution in [0, 0.1) is 6.92 Å². The van der Waals surface area contributed by atoms with Gasteiger partial charge < -0.3 is 18.6 Å². The van der Waals surface area contributed by atoms with Gasteiger partial charge in [0.2, 0.25) is 0 Å². The number of ether oxygens (including phenoxy) is 1. The number of amides is 1. The van der Waals surface area contributed by atoms with Crippen LogP contribution in [0.15, 0.2) is 28.7 Å². The molecule has 0 bridgehead atoms. The molecule has 1 fully saturated rings. The van der Waals surface area contributed by atoms with E-state index in [1.165, 1.54) is 0 Å². The second-order valence-corrected chi connectivity index (χ2v) is 6.65. The zero-order chi connectivity index (χ0) is 16.7. The van der Waals surface area contributed by atoms with Gasteiger partial charge in [0, 0.05) is 31.8 Å². The Labute approximate surface area is 136 Å². The van der Waals surface area contributed by atoms with Crippen LogP contribution in [-0.4, -0.2) is 40.7 Å². The molecule has 0 radical (unpaired) electrons. The predicted octanol–water partition coefficient (Wildman–Crippen LogP) is 3.37. The van der Waals surface area contributed by atoms with Gasteiger partial charge in [-0.05, 0) is 27.7 Å². The number of fused-ring (bicyclic) bond motifs is 1. The van der Waals surface area contributed by atoms with Crippen LogP contribution in [0.5, 0.6) is 0 Å². The smallest absolute Gasteiger partial charge is 0.270 e. The lowest BCUT2D eigenvalue weighted by atomic mass is 10.2. The lowest BCUT2D eigenvalue weighted by Crippen LogP contribution is -2.48. The van der Waals surface area contributed by atoms with Gasteiger partial charge in [0.1, 0.15) is 11.5 Å². The van der Waals surface area contributed by atoms with E-state index in [4.69, 9.17) is 9.15 Å². The van der Waals surface area contributed by atoms with Crippen molar-refractivity contribution in [1.82, 2.24) is 9.47 Å². The van der Waals surface area contributed by atoms with Crippen molar-refractivity contribution in [3.05, 3.63) is 35.7 Å². The maximum Gasteiger partial charge on any atom is 0.270 e. The van der Waals surface area contributed by atoms with E-state index in [1.54, 1.807) is 0 Å². The van der Waals surface area contributed by atoms with Crippen LogP contribution in [0.3, 0.4) is 0 Å². The van der Waals surface area contributed by atoms with Crippen molar-refractivity contribution in [1.29, 1.82) is 0 Å². The van der Waals surface area contributed by atoms with Gasteiger partial charge in [0.05, 0.1) is 17.7 Å². The average molecular weight is 316 g/mol. The van der Waals surface area contributed by atoms with Crippen LogP contribution in [-0.2, 0) is 11.3 Å². The van der Waals surface area contributed by atoms with Crippen LogP contribution >= 0.6 is 0 Å². The largest absolute Gasteiger partial charge is 0.460 e. The van der Waals surface area contributed by atoms with Crippen molar-refractivity contribution in [2.45, 2.75) is 46.4 Å². The molecule has 3 heterocycles. The molecule has 2 atom stereocenters. The summed E-state index contributed by atoms with van der Waals surface area (Å²) in [5.74, 6) is 0.871. The second kappa shape index (κ2) is 5.89. The van der Waals surface area contributed by atoms with Crippen LogP contribution in [0.25, 0.3) is 11.1 Å². The molecule has 2 aromatic rings. The van der Waals surface area contributed by atoms with Crippen LogP contribution < -0.4 is 0 Å². The van der Waals surface area contributed by atoms with E-state index in [9.17, 15) is 4.79 Å². The summed E-state index contributed by atoms with van der Waals surface area (Å²) < 4.78 is 13.4. The molecule has 1 aliphatic rings. The van der Waals surface area contributed by atoms with E-state index in [1.807, 2.05) is 49.3 Å². The highest BCUT2D eigenvalue weighted by Crippen LogP contribution is 2.26. The molecule has 1 saturated heterocycles. The third kappa shape index (κ3) is 3.06. The Balaban J connectivity index is 1.99. The van der Waals surface area contributed by atoms with Crippen molar-refractivity contribution < 1.29 is 13.9 Å². The molecule has 0 spiro atoms. The van der Waals surface area contributed by atoms with Crippen molar-refractivity contribution in [3.8, 4) is 0 Å². The summed E-state index contributed by atoms with van der Waals surface area (Å²) in [6, 6.07) is 3.82. The van der Waals surface area contributed by atoms with Crippen LogP contribution in [0.4, 0.5) is 0 Å². The molecule has 2 unspecified atom stereocenters. The number of hydrogen-bond acceptors (Lipinski definition) is 3. The first-order valence-electron chi connectivity index (χ1n) is 8.04. The first-order chi connectivity index (χ1) is 10.8. The Morgan fingerprint density at radius 3 is 2.57 bits per heavy atom. The zero-order valence-electron chi connectivity index (χ0n) is 14.3. The average Bonchev–Trinajstić information content (AvgIpc) is 2.94.